The van der Waals surface area contributed by atoms with E-state index in [1.807, 2.05) is 0 Å². The summed E-state index contributed by atoms with van der Waals surface area (Å²) in [6.45, 7) is 3.09. The molecule has 1 rings (SSSR count). The zero-order valence-corrected chi connectivity index (χ0v) is 6.53. The molecule has 9 heavy (non-hydrogen) atoms. The van der Waals surface area contributed by atoms with E-state index < -0.39 is 0 Å². The van der Waals surface area contributed by atoms with Crippen LogP contribution in [0.2, 0.25) is 0 Å². The molecule has 0 aromatic rings. The second-order valence-corrected chi connectivity index (χ2v) is 2.90. The number of halogens is 1. The van der Waals surface area contributed by atoms with Gasteiger partial charge in [-0.1, -0.05) is 6.92 Å². The number of ether oxygens (including phenoxy) is 1. The molecule has 0 saturated carbocycles. The first-order valence-electron chi connectivity index (χ1n) is 3.56. The van der Waals surface area contributed by atoms with Crippen molar-refractivity contribution in [2.75, 3.05) is 12.5 Å². The van der Waals surface area contributed by atoms with Gasteiger partial charge in [0.2, 0.25) is 0 Å². The van der Waals surface area contributed by atoms with E-state index in [4.69, 9.17) is 16.3 Å². The number of hydrogen-bond acceptors (Lipinski definition) is 1. The van der Waals surface area contributed by atoms with Gasteiger partial charge in [-0.05, 0) is 12.8 Å². The average molecular weight is 149 g/mol. The van der Waals surface area contributed by atoms with Crippen LogP contribution in [0.4, 0.5) is 0 Å². The van der Waals surface area contributed by atoms with Crippen LogP contribution in [0.1, 0.15) is 19.8 Å². The van der Waals surface area contributed by atoms with Crippen LogP contribution in [0.25, 0.3) is 0 Å². The van der Waals surface area contributed by atoms with Gasteiger partial charge in [-0.3, -0.25) is 0 Å². The smallest absolute Gasteiger partial charge is 0.0623 e. The molecule has 2 unspecified atom stereocenters. The first-order chi connectivity index (χ1) is 4.38. The van der Waals surface area contributed by atoms with Crippen molar-refractivity contribution in [1.29, 1.82) is 0 Å². The van der Waals surface area contributed by atoms with Crippen LogP contribution in [-0.2, 0) is 4.74 Å². The summed E-state index contributed by atoms with van der Waals surface area (Å²) >= 11 is 5.58. The van der Waals surface area contributed by atoms with E-state index in [1.54, 1.807) is 0 Å². The number of alkyl halides is 1. The largest absolute Gasteiger partial charge is 0.377 e. The Kier molecular flexibility index (Phi) is 2.80. The molecule has 0 radical (unpaired) electrons. The Morgan fingerprint density at radius 1 is 1.67 bits per heavy atom. The molecule has 0 N–H and O–H groups in total. The predicted octanol–water partition coefficient (Wildman–Crippen LogP) is 2.04. The summed E-state index contributed by atoms with van der Waals surface area (Å²) in [5.74, 6) is 1.54. The van der Waals surface area contributed by atoms with Crippen LogP contribution in [-0.4, -0.2) is 18.6 Å². The van der Waals surface area contributed by atoms with Crippen molar-refractivity contribution in [2.45, 2.75) is 25.9 Å². The summed E-state index contributed by atoms with van der Waals surface area (Å²) in [7, 11) is 0. The van der Waals surface area contributed by atoms with Crippen LogP contribution in [0.3, 0.4) is 0 Å². The Morgan fingerprint density at radius 2 is 2.44 bits per heavy atom. The summed E-state index contributed by atoms with van der Waals surface area (Å²) < 4.78 is 5.29. The fourth-order valence-corrected chi connectivity index (χ4v) is 1.51. The van der Waals surface area contributed by atoms with E-state index in [1.165, 1.54) is 0 Å². The first kappa shape index (κ1) is 7.36. The fraction of sp³-hybridized carbons (Fsp3) is 1.00. The lowest BCUT2D eigenvalue weighted by Gasteiger charge is -2.35. The molecule has 54 valence electrons. The van der Waals surface area contributed by atoms with Crippen molar-refractivity contribution in [3.05, 3.63) is 0 Å². The maximum Gasteiger partial charge on any atom is 0.0623 e. The molecule has 1 aliphatic heterocycles. The molecule has 0 aromatic carbocycles. The lowest BCUT2D eigenvalue weighted by molar-refractivity contribution is -0.116. The van der Waals surface area contributed by atoms with E-state index in [0.29, 0.717) is 6.10 Å². The monoisotopic (exact) mass is 148 g/mol. The third-order valence-corrected chi connectivity index (χ3v) is 2.15. The first-order valence-corrected chi connectivity index (χ1v) is 4.09. The molecule has 0 bridgehead atoms. The van der Waals surface area contributed by atoms with Crippen LogP contribution in [0.15, 0.2) is 0 Å². The second-order valence-electron chi connectivity index (χ2n) is 2.52. The summed E-state index contributed by atoms with van der Waals surface area (Å²) in [4.78, 5) is 0. The quantitative estimate of drug-likeness (QED) is 0.557. The maximum absolute atomic E-state index is 5.58. The van der Waals surface area contributed by atoms with Gasteiger partial charge in [0.05, 0.1) is 12.7 Å². The van der Waals surface area contributed by atoms with E-state index in [9.17, 15) is 0 Å². The fourth-order valence-electron chi connectivity index (χ4n) is 1.23. The highest BCUT2D eigenvalue weighted by molar-refractivity contribution is 6.17. The van der Waals surface area contributed by atoms with Gasteiger partial charge in [0.1, 0.15) is 0 Å². The molecule has 1 fully saturated rings. The molecule has 1 aliphatic rings. The molecule has 1 nitrogen and oxygen atoms in total. The Hall–Kier alpha value is 0.250. The van der Waals surface area contributed by atoms with Crippen LogP contribution in [0, 0.1) is 5.92 Å². The zero-order chi connectivity index (χ0) is 6.69. The molecule has 0 spiro atoms. The lowest BCUT2D eigenvalue weighted by Crippen LogP contribution is -2.39. The van der Waals surface area contributed by atoms with Gasteiger partial charge in [-0.2, -0.15) is 0 Å². The Balaban J connectivity index is 2.11. The predicted molar refractivity (Wildman–Crippen MR) is 38.9 cm³/mol. The van der Waals surface area contributed by atoms with Gasteiger partial charge < -0.3 is 4.74 Å². The van der Waals surface area contributed by atoms with Crippen molar-refractivity contribution in [3.63, 3.8) is 0 Å². The molecular weight excluding hydrogens is 136 g/mol. The van der Waals surface area contributed by atoms with Crippen LogP contribution < -0.4 is 0 Å². The molecular formula is C7H13ClO. The summed E-state index contributed by atoms with van der Waals surface area (Å²) in [6.07, 6.45) is 2.78. The van der Waals surface area contributed by atoms with E-state index in [-0.39, 0.29) is 0 Å². The maximum atomic E-state index is 5.58. The van der Waals surface area contributed by atoms with Crippen molar-refractivity contribution in [1.82, 2.24) is 0 Å². The highest BCUT2D eigenvalue weighted by atomic mass is 35.5. The van der Waals surface area contributed by atoms with Gasteiger partial charge in [0.25, 0.3) is 0 Å². The third kappa shape index (κ3) is 1.59. The van der Waals surface area contributed by atoms with Crippen molar-refractivity contribution in [3.8, 4) is 0 Å². The highest BCUT2D eigenvalue weighted by Crippen LogP contribution is 2.26. The normalized spacial score (nSPS) is 34.0. The minimum absolute atomic E-state index is 0.517. The SMILES string of the molecule is CCC1OCC1CCCl. The van der Waals surface area contributed by atoms with Crippen molar-refractivity contribution >= 4 is 11.6 Å². The highest BCUT2D eigenvalue weighted by Gasteiger charge is 2.29. The minimum Gasteiger partial charge on any atom is -0.377 e. The zero-order valence-electron chi connectivity index (χ0n) is 5.77. The third-order valence-electron chi connectivity index (χ3n) is 1.93. The molecule has 0 amide bonds. The second kappa shape index (κ2) is 3.43. The molecule has 2 atom stereocenters. The number of hydrogen-bond donors (Lipinski definition) is 0. The topological polar surface area (TPSA) is 9.23 Å². The molecule has 0 aromatic heterocycles. The summed E-state index contributed by atoms with van der Waals surface area (Å²) in [6, 6.07) is 0. The Bertz CT molecular complexity index is 83.0. The average Bonchev–Trinajstić information content (AvgIpc) is 1.82. The van der Waals surface area contributed by atoms with Crippen LogP contribution >= 0.6 is 11.6 Å². The van der Waals surface area contributed by atoms with Gasteiger partial charge in [0.15, 0.2) is 0 Å². The van der Waals surface area contributed by atoms with Gasteiger partial charge >= 0.3 is 0 Å². The number of rotatable bonds is 3. The summed E-state index contributed by atoms with van der Waals surface area (Å²) in [5.41, 5.74) is 0. The van der Waals surface area contributed by atoms with E-state index in [2.05, 4.69) is 6.92 Å². The standard InChI is InChI=1S/C7H13ClO/c1-2-7-6(3-4-8)5-9-7/h6-7H,2-5H2,1H3. The lowest BCUT2D eigenvalue weighted by atomic mass is 9.93. The van der Waals surface area contributed by atoms with E-state index in [0.717, 1.165) is 31.2 Å². The van der Waals surface area contributed by atoms with Gasteiger partial charge in [-0.25, -0.2) is 0 Å². The Morgan fingerprint density at radius 3 is 2.78 bits per heavy atom. The van der Waals surface area contributed by atoms with Crippen molar-refractivity contribution < 1.29 is 4.74 Å². The van der Waals surface area contributed by atoms with Gasteiger partial charge in [-0.15, -0.1) is 11.6 Å². The molecule has 1 heterocycles. The van der Waals surface area contributed by atoms with Crippen LogP contribution in [0.5, 0.6) is 0 Å². The van der Waals surface area contributed by atoms with E-state index >= 15 is 0 Å². The molecule has 0 aliphatic carbocycles. The van der Waals surface area contributed by atoms with Crippen molar-refractivity contribution in [2.24, 2.45) is 5.92 Å². The van der Waals surface area contributed by atoms with Gasteiger partial charge in [0, 0.05) is 11.8 Å². The molecule has 1 saturated heterocycles. The minimum atomic E-state index is 0.517. The Labute approximate surface area is 61.3 Å². The summed E-state index contributed by atoms with van der Waals surface area (Å²) in [5, 5.41) is 0. The molecule has 2 heteroatoms.